The molecule has 0 N–H and O–H groups in total. The maximum atomic E-state index is 6.22. The Bertz CT molecular complexity index is 967. The van der Waals surface area contributed by atoms with Gasteiger partial charge in [0.05, 0.1) is 11.0 Å². The number of benzene rings is 1. The second-order valence-corrected chi connectivity index (χ2v) is 7.17. The van der Waals surface area contributed by atoms with Gasteiger partial charge >= 0.3 is 0 Å². The Morgan fingerprint density at radius 3 is 2.90 bits per heavy atom. The molecule has 4 rings (SSSR count). The number of furan rings is 1. The van der Waals surface area contributed by atoms with E-state index in [4.69, 9.17) is 16.0 Å². The molecule has 0 fully saturated rings. The summed E-state index contributed by atoms with van der Waals surface area (Å²) in [5.41, 5.74) is 2.25. The van der Waals surface area contributed by atoms with Crippen molar-refractivity contribution in [1.82, 2.24) is 4.98 Å². The summed E-state index contributed by atoms with van der Waals surface area (Å²) < 4.78 is 8.14. The minimum absolute atomic E-state index is 0.566. The molecule has 0 aliphatic rings. The van der Waals surface area contributed by atoms with Crippen molar-refractivity contribution in [2.24, 2.45) is 5.92 Å². The predicted molar refractivity (Wildman–Crippen MR) is 90.5 cm³/mol. The zero-order chi connectivity index (χ0) is 14.6. The summed E-state index contributed by atoms with van der Waals surface area (Å²) in [5, 5.41) is 4.07. The zero-order valence-corrected chi connectivity index (χ0v) is 13.4. The fourth-order valence-corrected chi connectivity index (χ4v) is 4.25. The summed E-state index contributed by atoms with van der Waals surface area (Å²) in [6.45, 7) is 4.45. The van der Waals surface area contributed by atoms with Crippen LogP contribution in [0.4, 0.5) is 0 Å². The lowest BCUT2D eigenvalue weighted by molar-refractivity contribution is 0.596. The summed E-state index contributed by atoms with van der Waals surface area (Å²) >= 11 is 7.89. The van der Waals surface area contributed by atoms with Gasteiger partial charge < -0.3 is 4.42 Å². The third-order valence-electron chi connectivity index (χ3n) is 3.76. The lowest BCUT2D eigenvalue weighted by atomic mass is 10.0. The maximum absolute atomic E-state index is 6.22. The van der Waals surface area contributed by atoms with E-state index in [1.165, 1.54) is 15.6 Å². The van der Waals surface area contributed by atoms with Crippen LogP contribution in [0, 0.1) is 5.92 Å². The van der Waals surface area contributed by atoms with Gasteiger partial charge in [0.2, 0.25) is 0 Å². The first kappa shape index (κ1) is 13.1. The van der Waals surface area contributed by atoms with E-state index < -0.39 is 0 Å². The largest absolute Gasteiger partial charge is 0.463 e. The van der Waals surface area contributed by atoms with Gasteiger partial charge in [-0.2, -0.15) is 0 Å². The summed E-state index contributed by atoms with van der Waals surface area (Å²) in [6.07, 6.45) is 4.69. The number of aromatic nitrogens is 1. The Balaban J connectivity index is 2.11. The van der Waals surface area contributed by atoms with E-state index in [0.29, 0.717) is 11.1 Å². The van der Waals surface area contributed by atoms with E-state index in [0.717, 1.165) is 27.5 Å². The van der Waals surface area contributed by atoms with Crippen molar-refractivity contribution < 1.29 is 4.42 Å². The molecule has 0 spiro atoms. The highest BCUT2D eigenvalue weighted by Gasteiger charge is 2.16. The molecule has 1 aromatic carbocycles. The first-order chi connectivity index (χ1) is 10.1. The van der Waals surface area contributed by atoms with Crippen molar-refractivity contribution in [2.75, 3.05) is 0 Å². The molecule has 0 atom stereocenters. The van der Waals surface area contributed by atoms with Crippen LogP contribution in [0.1, 0.15) is 19.4 Å². The first-order valence-corrected chi connectivity index (χ1v) is 8.20. The second kappa shape index (κ2) is 4.72. The highest BCUT2D eigenvalue weighted by Crippen LogP contribution is 2.41. The fourth-order valence-electron chi connectivity index (χ4n) is 2.90. The van der Waals surface area contributed by atoms with Crippen LogP contribution in [0.25, 0.3) is 31.1 Å². The normalized spacial score (nSPS) is 12.2. The van der Waals surface area contributed by atoms with E-state index in [1.54, 1.807) is 17.5 Å². The molecule has 4 heteroatoms. The number of halogens is 1. The molecule has 0 radical (unpaired) electrons. The Morgan fingerprint density at radius 1 is 1.24 bits per heavy atom. The van der Waals surface area contributed by atoms with Crippen molar-refractivity contribution in [3.05, 3.63) is 41.4 Å². The summed E-state index contributed by atoms with van der Waals surface area (Å²) in [5.74, 6) is 0.611. The molecular weight excluding hydrogens is 302 g/mol. The highest BCUT2D eigenvalue weighted by atomic mass is 35.5. The van der Waals surface area contributed by atoms with E-state index in [9.17, 15) is 0 Å². The first-order valence-electron chi connectivity index (χ1n) is 7.01. The van der Waals surface area contributed by atoms with E-state index in [-0.39, 0.29) is 0 Å². The van der Waals surface area contributed by atoms with Gasteiger partial charge in [-0.05, 0) is 36.1 Å². The van der Waals surface area contributed by atoms with Crippen LogP contribution in [-0.2, 0) is 6.42 Å². The zero-order valence-electron chi connectivity index (χ0n) is 11.8. The van der Waals surface area contributed by atoms with E-state index in [1.807, 2.05) is 12.3 Å². The van der Waals surface area contributed by atoms with E-state index >= 15 is 0 Å². The monoisotopic (exact) mass is 315 g/mol. The average molecular weight is 316 g/mol. The lowest BCUT2D eigenvalue weighted by Gasteiger charge is -2.01. The van der Waals surface area contributed by atoms with Gasteiger partial charge in [0, 0.05) is 27.1 Å². The molecular formula is C17H14ClNOS. The van der Waals surface area contributed by atoms with E-state index in [2.05, 4.69) is 31.0 Å². The lowest BCUT2D eigenvalue weighted by Crippen LogP contribution is -1.91. The number of hydrogen-bond acceptors (Lipinski definition) is 3. The molecule has 2 nitrogen and oxygen atoms in total. The Morgan fingerprint density at radius 2 is 2.10 bits per heavy atom. The molecule has 0 aliphatic heterocycles. The van der Waals surface area contributed by atoms with Crippen LogP contribution in [-0.4, -0.2) is 4.98 Å². The minimum atomic E-state index is 0.566. The molecule has 0 saturated carbocycles. The number of pyridine rings is 1. The Kier molecular flexibility index (Phi) is 2.95. The molecule has 0 unspecified atom stereocenters. The van der Waals surface area contributed by atoms with Crippen LogP contribution in [0.2, 0.25) is 5.15 Å². The quantitative estimate of drug-likeness (QED) is 0.421. The summed E-state index contributed by atoms with van der Waals surface area (Å²) in [6, 6.07) is 6.34. The molecule has 0 amide bonds. The molecule has 21 heavy (non-hydrogen) atoms. The van der Waals surface area contributed by atoms with Crippen molar-refractivity contribution in [3.8, 4) is 0 Å². The van der Waals surface area contributed by atoms with Crippen molar-refractivity contribution in [2.45, 2.75) is 20.3 Å². The SMILES string of the molecule is CC(C)Cc1coc2c1ccc1sc3c(Cl)nccc3c12. The smallest absolute Gasteiger partial charge is 0.146 e. The average Bonchev–Trinajstić information content (AvgIpc) is 3.00. The number of rotatable bonds is 2. The van der Waals surface area contributed by atoms with Crippen LogP contribution >= 0.6 is 22.9 Å². The number of hydrogen-bond donors (Lipinski definition) is 0. The number of fused-ring (bicyclic) bond motifs is 5. The summed E-state index contributed by atoms with van der Waals surface area (Å²) in [4.78, 5) is 4.17. The topological polar surface area (TPSA) is 26.0 Å². The van der Waals surface area contributed by atoms with Gasteiger partial charge in [-0.3, -0.25) is 0 Å². The van der Waals surface area contributed by atoms with Crippen LogP contribution in [0.5, 0.6) is 0 Å². The van der Waals surface area contributed by atoms with Gasteiger partial charge in [-0.1, -0.05) is 25.4 Å². The third kappa shape index (κ3) is 1.95. The van der Waals surface area contributed by atoms with Gasteiger partial charge in [-0.25, -0.2) is 4.98 Å². The Hall–Kier alpha value is -1.58. The summed E-state index contributed by atoms with van der Waals surface area (Å²) in [7, 11) is 0. The molecule has 3 aromatic heterocycles. The third-order valence-corrected chi connectivity index (χ3v) is 5.33. The van der Waals surface area contributed by atoms with Gasteiger partial charge in [0.1, 0.15) is 10.7 Å². The van der Waals surface area contributed by atoms with Crippen molar-refractivity contribution in [1.29, 1.82) is 0 Å². The van der Waals surface area contributed by atoms with Crippen LogP contribution in [0.15, 0.2) is 35.1 Å². The molecule has 0 bridgehead atoms. The minimum Gasteiger partial charge on any atom is -0.463 e. The van der Waals surface area contributed by atoms with Crippen LogP contribution < -0.4 is 0 Å². The highest BCUT2D eigenvalue weighted by molar-refractivity contribution is 7.26. The standard InChI is InChI=1S/C17H14ClNOS/c1-9(2)7-10-8-20-15-11(10)3-4-13-14(15)12-5-6-19-17(18)16(12)21-13/h3-6,8-9H,7H2,1-2H3. The van der Waals surface area contributed by atoms with Gasteiger partial charge in [0.25, 0.3) is 0 Å². The molecule has 106 valence electrons. The van der Waals surface area contributed by atoms with Crippen molar-refractivity contribution >= 4 is 54.1 Å². The van der Waals surface area contributed by atoms with Crippen molar-refractivity contribution in [3.63, 3.8) is 0 Å². The molecule has 0 aliphatic carbocycles. The fraction of sp³-hybridized carbons (Fsp3) is 0.235. The molecule has 4 aromatic rings. The van der Waals surface area contributed by atoms with Crippen LogP contribution in [0.3, 0.4) is 0 Å². The number of thiophene rings is 1. The molecule has 0 saturated heterocycles. The maximum Gasteiger partial charge on any atom is 0.146 e. The second-order valence-electron chi connectivity index (χ2n) is 5.75. The number of nitrogens with zero attached hydrogens (tertiary/aromatic N) is 1. The predicted octanol–water partition coefficient (Wildman–Crippen LogP) is 6.05. The Labute approximate surface area is 131 Å². The van der Waals surface area contributed by atoms with Gasteiger partial charge in [0.15, 0.2) is 0 Å². The van der Waals surface area contributed by atoms with Gasteiger partial charge in [-0.15, -0.1) is 11.3 Å². The molecule has 3 heterocycles.